The summed E-state index contributed by atoms with van der Waals surface area (Å²) in [4.78, 5) is 0. The van der Waals surface area contributed by atoms with Crippen LogP contribution in [0.4, 0.5) is 0 Å². The molecule has 1 atom stereocenters. The van der Waals surface area contributed by atoms with E-state index in [2.05, 4.69) is 6.92 Å². The summed E-state index contributed by atoms with van der Waals surface area (Å²) in [6, 6.07) is 0. The van der Waals surface area contributed by atoms with E-state index >= 15 is 0 Å². The van der Waals surface area contributed by atoms with Crippen molar-refractivity contribution in [1.82, 2.24) is 0 Å². The summed E-state index contributed by atoms with van der Waals surface area (Å²) in [5.74, 6) is 3.27. The van der Waals surface area contributed by atoms with E-state index < -0.39 is 0 Å². The van der Waals surface area contributed by atoms with Gasteiger partial charge in [-0.1, -0.05) is 6.92 Å². The molecule has 0 spiro atoms. The van der Waals surface area contributed by atoms with Crippen LogP contribution in [0.25, 0.3) is 0 Å². The molecule has 0 bridgehead atoms. The maximum atomic E-state index is 9.70. The van der Waals surface area contributed by atoms with Gasteiger partial charge in [0.25, 0.3) is 0 Å². The average Bonchev–Trinajstić information content (AvgIpc) is 2.20. The first-order chi connectivity index (χ1) is 6.83. The average molecular weight is 218 g/mol. The quantitative estimate of drug-likeness (QED) is 0.694. The third-order valence-electron chi connectivity index (χ3n) is 2.60. The van der Waals surface area contributed by atoms with Crippen molar-refractivity contribution in [1.29, 1.82) is 0 Å². The van der Waals surface area contributed by atoms with Crippen molar-refractivity contribution in [2.75, 3.05) is 24.7 Å². The summed E-state index contributed by atoms with van der Waals surface area (Å²) in [6.07, 6.45) is 4.27. The zero-order valence-corrected chi connectivity index (χ0v) is 9.89. The Balaban J connectivity index is 2.03. The van der Waals surface area contributed by atoms with Crippen LogP contribution >= 0.6 is 11.8 Å². The van der Waals surface area contributed by atoms with Gasteiger partial charge in [-0.05, 0) is 43.1 Å². The van der Waals surface area contributed by atoms with E-state index in [1.807, 2.05) is 11.8 Å². The van der Waals surface area contributed by atoms with Crippen LogP contribution < -0.4 is 0 Å². The Morgan fingerprint density at radius 3 is 2.79 bits per heavy atom. The highest BCUT2D eigenvalue weighted by Crippen LogP contribution is 2.26. The number of hydrogen-bond donors (Lipinski definition) is 1. The summed E-state index contributed by atoms with van der Waals surface area (Å²) in [5, 5.41) is 9.70. The molecule has 1 heterocycles. The van der Waals surface area contributed by atoms with Crippen molar-refractivity contribution in [3.05, 3.63) is 0 Å². The van der Waals surface area contributed by atoms with Gasteiger partial charge in [0.15, 0.2) is 0 Å². The summed E-state index contributed by atoms with van der Waals surface area (Å²) >= 11 is 2.03. The number of ether oxygens (including phenoxy) is 1. The molecule has 0 radical (unpaired) electrons. The summed E-state index contributed by atoms with van der Waals surface area (Å²) in [7, 11) is 0. The Kier molecular flexibility index (Phi) is 6.65. The first-order valence-electron chi connectivity index (χ1n) is 5.66. The molecule has 1 aliphatic heterocycles. The maximum absolute atomic E-state index is 9.70. The largest absolute Gasteiger partial charge is 0.391 e. The van der Waals surface area contributed by atoms with E-state index in [4.69, 9.17) is 4.74 Å². The van der Waals surface area contributed by atoms with E-state index in [1.54, 1.807) is 0 Å². The van der Waals surface area contributed by atoms with Gasteiger partial charge in [0.2, 0.25) is 0 Å². The summed E-state index contributed by atoms with van der Waals surface area (Å²) < 4.78 is 5.33. The van der Waals surface area contributed by atoms with E-state index in [0.29, 0.717) is 6.61 Å². The van der Waals surface area contributed by atoms with Crippen LogP contribution in [0, 0.1) is 5.92 Å². The summed E-state index contributed by atoms with van der Waals surface area (Å²) in [6.45, 7) is 3.39. The van der Waals surface area contributed by atoms with Crippen molar-refractivity contribution >= 4 is 11.8 Å². The van der Waals surface area contributed by atoms with Gasteiger partial charge in [0.05, 0.1) is 12.7 Å². The van der Waals surface area contributed by atoms with Gasteiger partial charge >= 0.3 is 0 Å². The molecule has 1 rings (SSSR count). The van der Waals surface area contributed by atoms with E-state index in [1.165, 1.54) is 24.3 Å². The molecular formula is C11H22O2S. The van der Waals surface area contributed by atoms with Crippen molar-refractivity contribution in [3.63, 3.8) is 0 Å². The number of hydrogen-bond acceptors (Lipinski definition) is 3. The second kappa shape index (κ2) is 7.55. The molecule has 2 nitrogen and oxygen atoms in total. The van der Waals surface area contributed by atoms with Gasteiger partial charge in [-0.25, -0.2) is 0 Å². The molecule has 0 saturated carbocycles. The molecule has 0 amide bonds. The highest BCUT2D eigenvalue weighted by molar-refractivity contribution is 7.99. The molecule has 1 unspecified atom stereocenters. The third-order valence-corrected chi connectivity index (χ3v) is 3.65. The van der Waals surface area contributed by atoms with Crippen LogP contribution in [0.3, 0.4) is 0 Å². The lowest BCUT2D eigenvalue weighted by Crippen LogP contribution is -2.22. The van der Waals surface area contributed by atoms with Crippen molar-refractivity contribution in [2.24, 2.45) is 5.92 Å². The molecular weight excluding hydrogens is 196 g/mol. The predicted octanol–water partition coefficient (Wildman–Crippen LogP) is 2.31. The normalized spacial score (nSPS) is 21.0. The molecule has 3 heteroatoms. The van der Waals surface area contributed by atoms with Crippen molar-refractivity contribution < 1.29 is 9.84 Å². The van der Waals surface area contributed by atoms with Gasteiger partial charge in [-0.15, -0.1) is 0 Å². The van der Waals surface area contributed by atoms with E-state index in [-0.39, 0.29) is 6.10 Å². The lowest BCUT2D eigenvalue weighted by molar-refractivity contribution is 0.0236. The number of aliphatic hydroxyl groups is 1. The molecule has 0 aromatic heterocycles. The fraction of sp³-hybridized carbons (Fsp3) is 1.00. The smallest absolute Gasteiger partial charge is 0.0776 e. The standard InChI is InChI=1S/C11H22O2S/c1-2-5-13-9-11(12)8-10-3-6-14-7-4-10/h10-12H,2-9H2,1H3. The van der Waals surface area contributed by atoms with Crippen LogP contribution in [-0.2, 0) is 4.74 Å². The van der Waals surface area contributed by atoms with Gasteiger partial charge in [-0.3, -0.25) is 0 Å². The van der Waals surface area contributed by atoms with E-state index in [9.17, 15) is 5.11 Å². The molecule has 84 valence electrons. The molecule has 1 aliphatic rings. The third kappa shape index (κ3) is 5.23. The molecule has 0 aliphatic carbocycles. The zero-order valence-electron chi connectivity index (χ0n) is 9.08. The number of aliphatic hydroxyl groups excluding tert-OH is 1. The lowest BCUT2D eigenvalue weighted by Gasteiger charge is -2.23. The molecule has 1 fully saturated rings. The van der Waals surface area contributed by atoms with Gasteiger partial charge in [-0.2, -0.15) is 11.8 Å². The first kappa shape index (κ1) is 12.3. The van der Waals surface area contributed by atoms with Crippen molar-refractivity contribution in [3.8, 4) is 0 Å². The Hall–Kier alpha value is 0.270. The Labute approximate surface area is 91.4 Å². The fourth-order valence-electron chi connectivity index (χ4n) is 1.80. The van der Waals surface area contributed by atoms with Gasteiger partial charge in [0.1, 0.15) is 0 Å². The number of rotatable bonds is 6. The van der Waals surface area contributed by atoms with Crippen LogP contribution in [0.2, 0.25) is 0 Å². The topological polar surface area (TPSA) is 29.5 Å². The lowest BCUT2D eigenvalue weighted by atomic mass is 9.96. The minimum absolute atomic E-state index is 0.241. The molecule has 0 aromatic carbocycles. The number of thioether (sulfide) groups is 1. The van der Waals surface area contributed by atoms with Gasteiger partial charge < -0.3 is 9.84 Å². The molecule has 1 N–H and O–H groups in total. The fourth-order valence-corrected chi connectivity index (χ4v) is 3.00. The summed E-state index contributed by atoms with van der Waals surface area (Å²) in [5.41, 5.74) is 0. The second-order valence-electron chi connectivity index (χ2n) is 4.02. The minimum Gasteiger partial charge on any atom is -0.391 e. The predicted molar refractivity (Wildman–Crippen MR) is 61.8 cm³/mol. The van der Waals surface area contributed by atoms with Crippen LogP contribution in [0.1, 0.15) is 32.6 Å². The van der Waals surface area contributed by atoms with Crippen LogP contribution in [-0.4, -0.2) is 35.9 Å². The van der Waals surface area contributed by atoms with E-state index in [0.717, 1.165) is 25.4 Å². The second-order valence-corrected chi connectivity index (χ2v) is 5.24. The monoisotopic (exact) mass is 218 g/mol. The highest BCUT2D eigenvalue weighted by Gasteiger charge is 2.17. The van der Waals surface area contributed by atoms with Gasteiger partial charge in [0, 0.05) is 6.61 Å². The maximum Gasteiger partial charge on any atom is 0.0776 e. The van der Waals surface area contributed by atoms with Crippen molar-refractivity contribution in [2.45, 2.75) is 38.7 Å². The SMILES string of the molecule is CCCOCC(O)CC1CCSCC1. The zero-order chi connectivity index (χ0) is 10.2. The molecule has 14 heavy (non-hydrogen) atoms. The molecule has 0 aromatic rings. The van der Waals surface area contributed by atoms with Crippen LogP contribution in [0.15, 0.2) is 0 Å². The Morgan fingerprint density at radius 2 is 2.14 bits per heavy atom. The van der Waals surface area contributed by atoms with Crippen LogP contribution in [0.5, 0.6) is 0 Å². The highest BCUT2D eigenvalue weighted by atomic mass is 32.2. The Morgan fingerprint density at radius 1 is 1.43 bits per heavy atom. The first-order valence-corrected chi connectivity index (χ1v) is 6.82. The molecule has 1 saturated heterocycles. The minimum atomic E-state index is -0.241. The Bertz CT molecular complexity index is 135.